The predicted octanol–water partition coefficient (Wildman–Crippen LogP) is 3.88. The van der Waals surface area contributed by atoms with Crippen molar-refractivity contribution in [3.63, 3.8) is 0 Å². The molecule has 0 unspecified atom stereocenters. The summed E-state index contributed by atoms with van der Waals surface area (Å²) in [6, 6.07) is 5.69. The van der Waals surface area contributed by atoms with Crippen LogP contribution in [-0.2, 0) is 4.79 Å². The molecular formula is C16H24N2O. The van der Waals surface area contributed by atoms with E-state index in [-0.39, 0.29) is 5.91 Å². The van der Waals surface area contributed by atoms with Gasteiger partial charge in [0, 0.05) is 17.8 Å². The Balaban J connectivity index is 1.87. The lowest BCUT2D eigenvalue weighted by molar-refractivity contribution is -0.117. The van der Waals surface area contributed by atoms with Crippen molar-refractivity contribution in [2.75, 3.05) is 11.1 Å². The van der Waals surface area contributed by atoms with Gasteiger partial charge in [0.05, 0.1) is 0 Å². The number of rotatable bonds is 3. The number of carbonyl (C=O) groups is 1. The average molecular weight is 260 g/mol. The first kappa shape index (κ1) is 13.9. The van der Waals surface area contributed by atoms with Crippen LogP contribution in [0.2, 0.25) is 0 Å². The van der Waals surface area contributed by atoms with Gasteiger partial charge in [-0.15, -0.1) is 0 Å². The molecule has 1 aromatic rings. The van der Waals surface area contributed by atoms with E-state index in [1.54, 1.807) is 0 Å². The number of hydrogen-bond donors (Lipinski definition) is 2. The first-order valence-corrected chi connectivity index (χ1v) is 7.31. The zero-order valence-electron chi connectivity index (χ0n) is 11.7. The SMILES string of the molecule is Cc1ccc(NC(=O)CC2CCCCCC2)cc1N. The third kappa shape index (κ3) is 4.27. The number of nitrogen functional groups attached to an aromatic ring is 1. The molecule has 1 saturated carbocycles. The van der Waals surface area contributed by atoms with E-state index < -0.39 is 0 Å². The summed E-state index contributed by atoms with van der Waals surface area (Å²) in [5.41, 5.74) is 8.43. The monoisotopic (exact) mass is 260 g/mol. The highest BCUT2D eigenvalue weighted by Gasteiger charge is 2.16. The van der Waals surface area contributed by atoms with Crippen molar-refractivity contribution in [3.05, 3.63) is 23.8 Å². The Morgan fingerprint density at radius 1 is 1.26 bits per heavy atom. The van der Waals surface area contributed by atoms with Crippen LogP contribution in [0.5, 0.6) is 0 Å². The molecule has 1 aliphatic carbocycles. The predicted molar refractivity (Wildman–Crippen MR) is 80.0 cm³/mol. The van der Waals surface area contributed by atoms with E-state index in [0.717, 1.165) is 16.9 Å². The molecule has 0 atom stereocenters. The lowest BCUT2D eigenvalue weighted by atomic mass is 9.96. The second-order valence-corrected chi connectivity index (χ2v) is 5.68. The molecule has 0 saturated heterocycles. The van der Waals surface area contributed by atoms with Gasteiger partial charge in [-0.3, -0.25) is 4.79 Å². The van der Waals surface area contributed by atoms with Crippen molar-refractivity contribution in [2.24, 2.45) is 5.92 Å². The summed E-state index contributed by atoms with van der Waals surface area (Å²) in [6.45, 7) is 1.96. The van der Waals surface area contributed by atoms with Gasteiger partial charge >= 0.3 is 0 Å². The van der Waals surface area contributed by atoms with Gasteiger partial charge in [-0.05, 0) is 43.4 Å². The summed E-state index contributed by atoms with van der Waals surface area (Å²) in [5.74, 6) is 0.681. The maximum absolute atomic E-state index is 12.0. The van der Waals surface area contributed by atoms with Gasteiger partial charge in [0.25, 0.3) is 0 Å². The Kier molecular flexibility index (Phi) is 4.83. The zero-order chi connectivity index (χ0) is 13.7. The van der Waals surface area contributed by atoms with E-state index in [2.05, 4.69) is 5.32 Å². The van der Waals surface area contributed by atoms with Crippen molar-refractivity contribution in [1.82, 2.24) is 0 Å². The molecule has 1 amide bonds. The van der Waals surface area contributed by atoms with Gasteiger partial charge in [-0.2, -0.15) is 0 Å². The molecule has 3 N–H and O–H groups in total. The highest BCUT2D eigenvalue weighted by atomic mass is 16.1. The molecule has 1 fully saturated rings. The molecule has 2 rings (SSSR count). The van der Waals surface area contributed by atoms with E-state index in [1.807, 2.05) is 25.1 Å². The summed E-state index contributed by atoms with van der Waals surface area (Å²) in [7, 11) is 0. The molecule has 104 valence electrons. The number of hydrogen-bond acceptors (Lipinski definition) is 2. The molecule has 1 aromatic carbocycles. The largest absolute Gasteiger partial charge is 0.398 e. The summed E-state index contributed by atoms with van der Waals surface area (Å²) in [4.78, 5) is 12.0. The van der Waals surface area contributed by atoms with Crippen molar-refractivity contribution in [2.45, 2.75) is 51.9 Å². The maximum atomic E-state index is 12.0. The number of aryl methyl sites for hydroxylation is 1. The van der Waals surface area contributed by atoms with Crippen LogP contribution in [0.15, 0.2) is 18.2 Å². The molecule has 0 radical (unpaired) electrons. The fourth-order valence-corrected chi connectivity index (χ4v) is 2.76. The second-order valence-electron chi connectivity index (χ2n) is 5.68. The van der Waals surface area contributed by atoms with Gasteiger partial charge < -0.3 is 11.1 Å². The van der Waals surface area contributed by atoms with Crippen LogP contribution in [0.1, 0.15) is 50.5 Å². The Bertz CT molecular complexity index is 434. The average Bonchev–Trinajstić information content (AvgIpc) is 2.62. The summed E-state index contributed by atoms with van der Waals surface area (Å²) in [6.07, 6.45) is 8.24. The van der Waals surface area contributed by atoms with Gasteiger partial charge in [0.1, 0.15) is 0 Å². The second kappa shape index (κ2) is 6.60. The van der Waals surface area contributed by atoms with E-state index in [9.17, 15) is 4.79 Å². The van der Waals surface area contributed by atoms with Crippen LogP contribution < -0.4 is 11.1 Å². The van der Waals surface area contributed by atoms with Gasteiger partial charge in [-0.25, -0.2) is 0 Å². The Hall–Kier alpha value is -1.51. The minimum Gasteiger partial charge on any atom is -0.398 e. The van der Waals surface area contributed by atoms with E-state index in [1.165, 1.54) is 38.5 Å². The maximum Gasteiger partial charge on any atom is 0.224 e. The normalized spacial score (nSPS) is 16.9. The van der Waals surface area contributed by atoms with E-state index in [0.29, 0.717) is 12.3 Å². The van der Waals surface area contributed by atoms with Gasteiger partial charge in [-0.1, -0.05) is 31.7 Å². The molecule has 3 heteroatoms. The highest BCUT2D eigenvalue weighted by molar-refractivity contribution is 5.91. The zero-order valence-corrected chi connectivity index (χ0v) is 11.7. The first-order chi connectivity index (χ1) is 9.15. The van der Waals surface area contributed by atoms with Crippen LogP contribution >= 0.6 is 0 Å². The third-order valence-electron chi connectivity index (χ3n) is 4.01. The van der Waals surface area contributed by atoms with Crippen molar-refractivity contribution >= 4 is 17.3 Å². The number of anilines is 2. The van der Waals surface area contributed by atoms with Gasteiger partial charge in [0.15, 0.2) is 0 Å². The molecule has 0 spiro atoms. The number of nitrogens with one attached hydrogen (secondary N) is 1. The van der Waals surface area contributed by atoms with Crippen molar-refractivity contribution in [1.29, 1.82) is 0 Å². The minimum atomic E-state index is 0.121. The number of carbonyl (C=O) groups excluding carboxylic acids is 1. The molecule has 0 aliphatic heterocycles. The summed E-state index contributed by atoms with van der Waals surface area (Å²) >= 11 is 0. The van der Waals surface area contributed by atoms with Crippen LogP contribution in [0.4, 0.5) is 11.4 Å². The quantitative estimate of drug-likeness (QED) is 0.640. The topological polar surface area (TPSA) is 55.1 Å². The standard InChI is InChI=1S/C16H24N2O/c1-12-8-9-14(11-15(12)17)18-16(19)10-13-6-4-2-3-5-7-13/h8-9,11,13H,2-7,10,17H2,1H3,(H,18,19). The van der Waals surface area contributed by atoms with Crippen LogP contribution in [0.3, 0.4) is 0 Å². The fraction of sp³-hybridized carbons (Fsp3) is 0.562. The summed E-state index contributed by atoms with van der Waals surface area (Å²) < 4.78 is 0. The third-order valence-corrected chi connectivity index (χ3v) is 4.01. The fourth-order valence-electron chi connectivity index (χ4n) is 2.76. The van der Waals surface area contributed by atoms with Crippen molar-refractivity contribution in [3.8, 4) is 0 Å². The van der Waals surface area contributed by atoms with E-state index in [4.69, 9.17) is 5.73 Å². The minimum absolute atomic E-state index is 0.121. The number of amides is 1. The molecule has 0 bridgehead atoms. The molecule has 0 aromatic heterocycles. The summed E-state index contributed by atoms with van der Waals surface area (Å²) in [5, 5.41) is 2.96. The first-order valence-electron chi connectivity index (χ1n) is 7.31. The van der Waals surface area contributed by atoms with Crippen LogP contribution in [0.25, 0.3) is 0 Å². The Morgan fingerprint density at radius 3 is 2.58 bits per heavy atom. The molecule has 0 heterocycles. The Morgan fingerprint density at radius 2 is 1.95 bits per heavy atom. The highest BCUT2D eigenvalue weighted by Crippen LogP contribution is 2.26. The van der Waals surface area contributed by atoms with Gasteiger partial charge in [0.2, 0.25) is 5.91 Å². The molecule has 1 aliphatic rings. The lowest BCUT2D eigenvalue weighted by Crippen LogP contribution is -2.16. The molecule has 19 heavy (non-hydrogen) atoms. The Labute approximate surface area is 115 Å². The number of benzene rings is 1. The smallest absolute Gasteiger partial charge is 0.224 e. The molecule has 3 nitrogen and oxygen atoms in total. The van der Waals surface area contributed by atoms with Crippen LogP contribution in [0, 0.1) is 12.8 Å². The van der Waals surface area contributed by atoms with Crippen molar-refractivity contribution < 1.29 is 4.79 Å². The number of nitrogens with two attached hydrogens (primary N) is 1. The van der Waals surface area contributed by atoms with E-state index >= 15 is 0 Å². The van der Waals surface area contributed by atoms with Crippen LogP contribution in [-0.4, -0.2) is 5.91 Å². The lowest BCUT2D eigenvalue weighted by Gasteiger charge is -2.14. The molecular weight excluding hydrogens is 236 g/mol.